The minimum atomic E-state index is -1.53. The quantitative estimate of drug-likeness (QED) is 0.308. The molecule has 1 aliphatic heterocycles. The number of hydrogen-bond donors (Lipinski definition) is 6. The Labute approximate surface area is 161 Å². The van der Waals surface area contributed by atoms with Crippen molar-refractivity contribution < 1.29 is 39.7 Å². The number of ether oxygens (including phenoxy) is 1. The number of likely N-dealkylation sites (tertiary alicyclic amines) is 1. The number of carboxylic acids is 1. The Morgan fingerprint density at radius 1 is 1.36 bits per heavy atom. The summed E-state index contributed by atoms with van der Waals surface area (Å²) in [6.45, 7) is 1.26. The molecule has 0 radical (unpaired) electrons. The summed E-state index contributed by atoms with van der Waals surface area (Å²) in [4.78, 5) is 25.2. The van der Waals surface area contributed by atoms with E-state index in [-0.39, 0.29) is 24.8 Å². The van der Waals surface area contributed by atoms with Gasteiger partial charge in [-0.1, -0.05) is 6.07 Å². The van der Waals surface area contributed by atoms with Crippen molar-refractivity contribution >= 4 is 19.0 Å². The fraction of sp³-hybridized carbons (Fsp3) is 0.529. The maximum Gasteiger partial charge on any atom is 0.455 e. The molecule has 1 saturated heterocycles. The number of phenols is 1. The molecule has 11 heteroatoms. The molecule has 3 atom stereocenters. The lowest BCUT2D eigenvalue weighted by molar-refractivity contribution is -0.146. The van der Waals surface area contributed by atoms with Crippen LogP contribution < -0.4 is 10.5 Å². The van der Waals surface area contributed by atoms with E-state index in [1.165, 1.54) is 24.0 Å². The first-order valence-electron chi connectivity index (χ1n) is 8.88. The van der Waals surface area contributed by atoms with Crippen molar-refractivity contribution in [2.24, 2.45) is 5.73 Å². The van der Waals surface area contributed by atoms with Gasteiger partial charge in [0.15, 0.2) is 0 Å². The van der Waals surface area contributed by atoms with Gasteiger partial charge in [0.2, 0.25) is 5.91 Å². The smallest absolute Gasteiger partial charge is 0.455 e. The molecule has 1 aromatic carbocycles. The highest BCUT2D eigenvalue weighted by molar-refractivity contribution is 6.44. The van der Waals surface area contributed by atoms with Gasteiger partial charge in [0.1, 0.15) is 28.7 Å². The van der Waals surface area contributed by atoms with Gasteiger partial charge in [0.05, 0.1) is 19.7 Å². The molecule has 0 spiro atoms. The Morgan fingerprint density at radius 3 is 2.50 bits per heavy atom. The second-order valence-corrected chi connectivity index (χ2v) is 7.63. The maximum atomic E-state index is 12.1. The van der Waals surface area contributed by atoms with Gasteiger partial charge in [0, 0.05) is 5.82 Å². The SMILES string of the molecule is CC(N)(CO)C(=O)N1CC(Oc2ccc([C@H]3CC3B(O)O)c(O)c2C(=O)O)C1. The van der Waals surface area contributed by atoms with Crippen molar-refractivity contribution in [3.8, 4) is 11.5 Å². The first-order valence-corrected chi connectivity index (χ1v) is 8.88. The first kappa shape index (κ1) is 20.4. The van der Waals surface area contributed by atoms with Crippen molar-refractivity contribution in [2.75, 3.05) is 19.7 Å². The number of rotatable bonds is 7. The molecule has 1 aliphatic carbocycles. The van der Waals surface area contributed by atoms with E-state index in [2.05, 4.69) is 0 Å². The van der Waals surface area contributed by atoms with Crippen LogP contribution in [-0.4, -0.2) is 80.6 Å². The van der Waals surface area contributed by atoms with E-state index in [9.17, 15) is 29.9 Å². The van der Waals surface area contributed by atoms with E-state index in [1.807, 2.05) is 0 Å². The molecule has 1 aromatic rings. The average Bonchev–Trinajstić information content (AvgIpc) is 3.37. The Hall–Kier alpha value is -2.34. The third kappa shape index (κ3) is 3.66. The Morgan fingerprint density at radius 2 is 2.00 bits per heavy atom. The van der Waals surface area contributed by atoms with Gasteiger partial charge in [-0.15, -0.1) is 0 Å². The maximum absolute atomic E-state index is 12.1. The second kappa shape index (κ2) is 7.24. The monoisotopic (exact) mass is 394 g/mol. The molecule has 1 heterocycles. The summed E-state index contributed by atoms with van der Waals surface area (Å²) in [5.74, 6) is -3.08. The van der Waals surface area contributed by atoms with Crippen LogP contribution in [0.3, 0.4) is 0 Å². The molecule has 3 rings (SSSR count). The molecular weight excluding hydrogens is 371 g/mol. The Kier molecular flexibility index (Phi) is 5.28. The number of nitrogens with zero attached hydrogens (tertiary/aromatic N) is 1. The van der Waals surface area contributed by atoms with Gasteiger partial charge in [0.25, 0.3) is 0 Å². The number of carbonyl (C=O) groups excluding carboxylic acids is 1. The summed E-state index contributed by atoms with van der Waals surface area (Å²) in [5.41, 5.74) is 4.24. The third-order valence-electron chi connectivity index (χ3n) is 5.25. The number of nitrogens with two attached hydrogens (primary N) is 1. The molecule has 0 bridgehead atoms. The molecule has 28 heavy (non-hydrogen) atoms. The number of carbonyl (C=O) groups is 2. The number of carboxylic acid groups (broad SMARTS) is 1. The van der Waals surface area contributed by atoms with Crippen LogP contribution in [0, 0.1) is 0 Å². The van der Waals surface area contributed by atoms with Crippen LogP contribution in [0.15, 0.2) is 12.1 Å². The zero-order valence-corrected chi connectivity index (χ0v) is 15.3. The minimum Gasteiger partial charge on any atom is -0.507 e. The zero-order valence-electron chi connectivity index (χ0n) is 15.3. The second-order valence-electron chi connectivity index (χ2n) is 7.63. The molecule has 10 nitrogen and oxygen atoms in total. The Bertz CT molecular complexity index is 794. The van der Waals surface area contributed by atoms with Gasteiger partial charge in [-0.3, -0.25) is 4.79 Å². The van der Waals surface area contributed by atoms with Crippen molar-refractivity contribution in [1.82, 2.24) is 4.90 Å². The zero-order chi connectivity index (χ0) is 20.8. The predicted molar refractivity (Wildman–Crippen MR) is 97.0 cm³/mol. The topological polar surface area (TPSA) is 174 Å². The number of aliphatic hydroxyl groups is 1. The molecule has 1 amide bonds. The van der Waals surface area contributed by atoms with Crippen molar-refractivity contribution in [3.05, 3.63) is 23.3 Å². The van der Waals surface area contributed by atoms with E-state index in [1.54, 1.807) is 0 Å². The van der Waals surface area contributed by atoms with E-state index in [0.29, 0.717) is 12.0 Å². The van der Waals surface area contributed by atoms with Crippen LogP contribution in [0.2, 0.25) is 5.82 Å². The van der Waals surface area contributed by atoms with Crippen LogP contribution >= 0.6 is 0 Å². The lowest BCUT2D eigenvalue weighted by atomic mass is 9.81. The average molecular weight is 394 g/mol. The van der Waals surface area contributed by atoms with E-state index < -0.39 is 54.4 Å². The van der Waals surface area contributed by atoms with E-state index >= 15 is 0 Å². The predicted octanol–water partition coefficient (Wildman–Crippen LogP) is -1.28. The van der Waals surface area contributed by atoms with Crippen molar-refractivity contribution in [1.29, 1.82) is 0 Å². The highest BCUT2D eigenvalue weighted by Gasteiger charge is 2.48. The van der Waals surface area contributed by atoms with Crippen LogP contribution in [0.4, 0.5) is 0 Å². The fourth-order valence-corrected chi connectivity index (χ4v) is 3.38. The van der Waals surface area contributed by atoms with Crippen LogP contribution in [0.1, 0.15) is 35.2 Å². The Balaban J connectivity index is 1.71. The number of hydrogen-bond acceptors (Lipinski definition) is 8. The highest BCUT2D eigenvalue weighted by atomic mass is 16.5. The van der Waals surface area contributed by atoms with Gasteiger partial charge in [-0.05, 0) is 30.9 Å². The number of aliphatic hydroxyl groups excluding tert-OH is 1. The summed E-state index contributed by atoms with van der Waals surface area (Å²) in [6, 6.07) is 2.93. The molecular formula is C17H23BN2O8. The van der Waals surface area contributed by atoms with Gasteiger partial charge in [-0.25, -0.2) is 4.79 Å². The molecule has 2 aliphatic rings. The number of aromatic hydroxyl groups is 1. The number of benzene rings is 1. The van der Waals surface area contributed by atoms with Crippen molar-refractivity contribution in [2.45, 2.75) is 36.7 Å². The van der Waals surface area contributed by atoms with E-state index in [0.717, 1.165) is 0 Å². The van der Waals surface area contributed by atoms with Crippen LogP contribution in [0.25, 0.3) is 0 Å². The minimum absolute atomic E-state index is 0.0368. The number of aromatic carboxylic acids is 1. The molecule has 1 saturated carbocycles. The van der Waals surface area contributed by atoms with Crippen LogP contribution in [-0.2, 0) is 4.79 Å². The highest BCUT2D eigenvalue weighted by Crippen LogP contribution is 2.56. The molecule has 2 fully saturated rings. The van der Waals surface area contributed by atoms with Crippen molar-refractivity contribution in [3.63, 3.8) is 0 Å². The molecule has 0 aromatic heterocycles. The summed E-state index contributed by atoms with van der Waals surface area (Å²) in [5, 5.41) is 47.5. The summed E-state index contributed by atoms with van der Waals surface area (Å²) in [7, 11) is -1.53. The fourth-order valence-electron chi connectivity index (χ4n) is 3.38. The molecule has 7 N–H and O–H groups in total. The van der Waals surface area contributed by atoms with E-state index in [4.69, 9.17) is 15.6 Å². The lowest BCUT2D eigenvalue weighted by Gasteiger charge is -2.42. The van der Waals surface area contributed by atoms with Crippen LogP contribution in [0.5, 0.6) is 11.5 Å². The molecule has 2 unspecified atom stereocenters. The standard InChI is InChI=1S/C17H23BN2O8/c1-17(19,7-21)16(25)20-5-8(6-20)28-12-3-2-9(10-4-11(10)18(26)27)14(22)13(12)15(23)24/h2-3,8,10-11,21-22,26-27H,4-7,19H2,1H3,(H,23,24)/t10-,11?,17?/m1/s1. The third-order valence-corrected chi connectivity index (χ3v) is 5.25. The van der Waals surface area contributed by atoms with Gasteiger partial charge < -0.3 is 40.7 Å². The van der Waals surface area contributed by atoms with Gasteiger partial charge in [-0.2, -0.15) is 0 Å². The molecule has 152 valence electrons. The largest absolute Gasteiger partial charge is 0.507 e. The summed E-state index contributed by atoms with van der Waals surface area (Å²) >= 11 is 0. The normalized spacial score (nSPS) is 23.5. The summed E-state index contributed by atoms with van der Waals surface area (Å²) < 4.78 is 5.64. The van der Waals surface area contributed by atoms with Gasteiger partial charge >= 0.3 is 13.1 Å². The first-order chi connectivity index (χ1) is 13.1. The number of amides is 1. The summed E-state index contributed by atoms with van der Waals surface area (Å²) in [6.07, 6.45) is -0.0397. The lowest BCUT2D eigenvalue weighted by Crippen LogP contribution is -2.64.